The molecule has 0 saturated heterocycles. The normalized spacial score (nSPS) is 11.8. The summed E-state index contributed by atoms with van der Waals surface area (Å²) in [5.74, 6) is -3.39. The lowest BCUT2D eigenvalue weighted by Gasteiger charge is -2.23. The Morgan fingerprint density at radius 2 is 1.60 bits per heavy atom. The molecule has 0 fully saturated rings. The minimum atomic E-state index is -1.48. The lowest BCUT2D eigenvalue weighted by molar-refractivity contribution is -0.128. The van der Waals surface area contributed by atoms with Gasteiger partial charge in [-0.15, -0.1) is 0 Å². The number of carboxylic acid groups (broad SMARTS) is 1. The third kappa shape index (κ3) is 8.69. The van der Waals surface area contributed by atoms with Crippen LogP contribution in [0.3, 0.4) is 0 Å². The fourth-order valence-electron chi connectivity index (χ4n) is 3.16. The van der Waals surface area contributed by atoms with Crippen LogP contribution in [0, 0.1) is 11.6 Å². The van der Waals surface area contributed by atoms with Crippen LogP contribution in [-0.4, -0.2) is 53.6 Å². The Morgan fingerprint density at radius 1 is 0.943 bits per heavy atom. The van der Waals surface area contributed by atoms with Crippen molar-refractivity contribution in [1.29, 1.82) is 0 Å². The summed E-state index contributed by atoms with van der Waals surface area (Å²) in [6.07, 6.45) is -1.90. The Bertz CT molecular complexity index is 1100. The topological polar surface area (TPSA) is 137 Å². The maximum atomic E-state index is 14.2. The summed E-state index contributed by atoms with van der Waals surface area (Å²) in [5.41, 5.74) is -0.341. The van der Waals surface area contributed by atoms with Gasteiger partial charge in [-0.25, -0.2) is 13.6 Å². The Hall–Kier alpha value is -4.02. The zero-order valence-corrected chi connectivity index (χ0v) is 19.6. The van der Waals surface area contributed by atoms with Crippen molar-refractivity contribution >= 4 is 23.8 Å². The highest BCUT2D eigenvalue weighted by molar-refractivity contribution is 5.96. The molecule has 2 aromatic carbocycles. The van der Waals surface area contributed by atoms with Crippen LogP contribution in [0.4, 0.5) is 13.6 Å². The second-order valence-corrected chi connectivity index (χ2v) is 8.73. The standard InChI is InChI=1S/C24H28F2N4O5/c1-24(2,3)30-20(31)13-19(29-23(34)35)22(33)28-11-10-27-21(32)16-12-14(8-9-18(16)26)15-6-4-5-7-17(15)25/h4-9,12,19,29H,10-11,13H2,1-3H3,(H,27,32)(H,28,33)(H,30,31)(H,34,35). The van der Waals surface area contributed by atoms with E-state index >= 15 is 0 Å². The minimum Gasteiger partial charge on any atom is -0.465 e. The van der Waals surface area contributed by atoms with Gasteiger partial charge in [0.2, 0.25) is 11.8 Å². The van der Waals surface area contributed by atoms with Crippen molar-refractivity contribution in [1.82, 2.24) is 21.3 Å². The number of hydrogen-bond donors (Lipinski definition) is 5. The summed E-state index contributed by atoms with van der Waals surface area (Å²) in [7, 11) is 0. The van der Waals surface area contributed by atoms with E-state index in [2.05, 4.69) is 16.0 Å². The van der Waals surface area contributed by atoms with Gasteiger partial charge in [0.15, 0.2) is 0 Å². The van der Waals surface area contributed by atoms with Crippen LogP contribution in [0.2, 0.25) is 0 Å². The number of benzene rings is 2. The Balaban J connectivity index is 1.95. The van der Waals surface area contributed by atoms with E-state index in [0.717, 1.165) is 6.07 Å². The molecule has 0 spiro atoms. The molecule has 0 saturated carbocycles. The predicted octanol–water partition coefficient (Wildman–Crippen LogP) is 2.42. The molecular formula is C24H28F2N4O5. The first kappa shape index (κ1) is 27.2. The van der Waals surface area contributed by atoms with Crippen molar-refractivity contribution in [3.63, 3.8) is 0 Å². The van der Waals surface area contributed by atoms with Gasteiger partial charge in [0, 0.05) is 24.2 Å². The number of rotatable bonds is 9. The number of nitrogens with one attached hydrogen (secondary N) is 4. The molecule has 11 heteroatoms. The van der Waals surface area contributed by atoms with Gasteiger partial charge >= 0.3 is 6.09 Å². The van der Waals surface area contributed by atoms with Crippen molar-refractivity contribution in [3.05, 3.63) is 59.7 Å². The van der Waals surface area contributed by atoms with E-state index in [1.165, 1.54) is 30.3 Å². The van der Waals surface area contributed by atoms with Gasteiger partial charge in [-0.05, 0) is 44.5 Å². The molecule has 0 aliphatic rings. The molecule has 0 radical (unpaired) electrons. The first-order valence-corrected chi connectivity index (χ1v) is 10.8. The van der Waals surface area contributed by atoms with E-state index in [4.69, 9.17) is 5.11 Å². The second kappa shape index (κ2) is 11.9. The molecule has 1 unspecified atom stereocenters. The average molecular weight is 491 g/mol. The van der Waals surface area contributed by atoms with E-state index in [9.17, 15) is 28.0 Å². The smallest absolute Gasteiger partial charge is 0.405 e. The number of carbonyl (C=O) groups excluding carboxylic acids is 3. The highest BCUT2D eigenvalue weighted by atomic mass is 19.1. The Labute approximate surface area is 201 Å². The zero-order chi connectivity index (χ0) is 26.2. The fraction of sp³-hybridized carbons (Fsp3) is 0.333. The molecule has 2 rings (SSSR count). The Morgan fingerprint density at radius 3 is 2.23 bits per heavy atom. The summed E-state index contributed by atoms with van der Waals surface area (Å²) >= 11 is 0. The largest absolute Gasteiger partial charge is 0.465 e. The van der Waals surface area contributed by atoms with Gasteiger partial charge in [0.25, 0.3) is 5.91 Å². The van der Waals surface area contributed by atoms with Crippen LogP contribution in [0.15, 0.2) is 42.5 Å². The van der Waals surface area contributed by atoms with Gasteiger partial charge < -0.3 is 26.4 Å². The van der Waals surface area contributed by atoms with Gasteiger partial charge in [0.05, 0.1) is 12.0 Å². The fourth-order valence-corrected chi connectivity index (χ4v) is 3.16. The van der Waals surface area contributed by atoms with Crippen LogP contribution in [0.5, 0.6) is 0 Å². The average Bonchev–Trinajstić information content (AvgIpc) is 2.75. The molecule has 5 N–H and O–H groups in total. The van der Waals surface area contributed by atoms with Crippen LogP contribution in [0.1, 0.15) is 37.6 Å². The number of halogens is 2. The van der Waals surface area contributed by atoms with Crippen LogP contribution in [-0.2, 0) is 9.59 Å². The van der Waals surface area contributed by atoms with Crippen LogP contribution in [0.25, 0.3) is 11.1 Å². The van der Waals surface area contributed by atoms with Gasteiger partial charge in [-0.2, -0.15) is 0 Å². The molecule has 35 heavy (non-hydrogen) atoms. The molecule has 0 aliphatic heterocycles. The van der Waals surface area contributed by atoms with Crippen molar-refractivity contribution < 1.29 is 33.1 Å². The van der Waals surface area contributed by atoms with Crippen molar-refractivity contribution in [2.24, 2.45) is 0 Å². The molecule has 9 nitrogen and oxygen atoms in total. The first-order chi connectivity index (χ1) is 16.4. The van der Waals surface area contributed by atoms with Crippen molar-refractivity contribution in [3.8, 4) is 11.1 Å². The number of carbonyl (C=O) groups is 4. The molecule has 0 bridgehead atoms. The highest BCUT2D eigenvalue weighted by Crippen LogP contribution is 2.24. The van der Waals surface area contributed by atoms with Gasteiger partial charge in [-0.3, -0.25) is 14.4 Å². The van der Waals surface area contributed by atoms with E-state index in [1.807, 2.05) is 5.32 Å². The maximum absolute atomic E-state index is 14.2. The third-order valence-corrected chi connectivity index (χ3v) is 4.62. The molecule has 4 amide bonds. The number of amides is 4. The van der Waals surface area contributed by atoms with Crippen LogP contribution >= 0.6 is 0 Å². The molecule has 0 heterocycles. The van der Waals surface area contributed by atoms with E-state index in [-0.39, 0.29) is 24.2 Å². The molecule has 0 aromatic heterocycles. The zero-order valence-electron chi connectivity index (χ0n) is 19.6. The molecule has 2 aromatic rings. The molecular weight excluding hydrogens is 462 g/mol. The first-order valence-electron chi connectivity index (χ1n) is 10.8. The van der Waals surface area contributed by atoms with Crippen molar-refractivity contribution in [2.45, 2.75) is 38.8 Å². The molecule has 0 aliphatic carbocycles. The summed E-state index contributed by atoms with van der Waals surface area (Å²) < 4.78 is 28.2. The summed E-state index contributed by atoms with van der Waals surface area (Å²) in [4.78, 5) is 47.9. The molecule has 1 atom stereocenters. The lowest BCUT2D eigenvalue weighted by atomic mass is 10.0. The van der Waals surface area contributed by atoms with E-state index in [0.29, 0.717) is 5.56 Å². The quantitative estimate of drug-likeness (QED) is 0.344. The number of hydrogen-bond acceptors (Lipinski definition) is 4. The summed E-state index contributed by atoms with van der Waals surface area (Å²) in [6, 6.07) is 8.17. The summed E-state index contributed by atoms with van der Waals surface area (Å²) in [6.45, 7) is 4.99. The maximum Gasteiger partial charge on any atom is 0.405 e. The van der Waals surface area contributed by atoms with E-state index < -0.39 is 53.5 Å². The predicted molar refractivity (Wildman–Crippen MR) is 125 cm³/mol. The summed E-state index contributed by atoms with van der Waals surface area (Å²) in [5, 5.41) is 18.4. The SMILES string of the molecule is CC(C)(C)NC(=O)CC(NC(=O)O)C(=O)NCCNC(=O)c1cc(-c2ccccc2F)ccc1F. The van der Waals surface area contributed by atoms with E-state index in [1.54, 1.807) is 26.8 Å². The Kier molecular flexibility index (Phi) is 9.26. The lowest BCUT2D eigenvalue weighted by Crippen LogP contribution is -2.51. The second-order valence-electron chi connectivity index (χ2n) is 8.73. The minimum absolute atomic E-state index is 0.109. The van der Waals surface area contributed by atoms with Crippen molar-refractivity contribution in [2.75, 3.05) is 13.1 Å². The monoisotopic (exact) mass is 490 g/mol. The molecule has 188 valence electrons. The van der Waals surface area contributed by atoms with Crippen LogP contribution < -0.4 is 21.3 Å². The van der Waals surface area contributed by atoms with Gasteiger partial charge in [-0.1, -0.05) is 24.3 Å². The van der Waals surface area contributed by atoms with Gasteiger partial charge in [0.1, 0.15) is 17.7 Å². The third-order valence-electron chi connectivity index (χ3n) is 4.62. The highest BCUT2D eigenvalue weighted by Gasteiger charge is 2.25.